The molecule has 5 nitrogen and oxygen atoms in total. The number of benzene rings is 1. The van der Waals surface area contributed by atoms with Crippen molar-refractivity contribution >= 4 is 11.6 Å². The fourth-order valence-corrected chi connectivity index (χ4v) is 2.57. The maximum Gasteiger partial charge on any atom is 0.416 e. The van der Waals surface area contributed by atoms with Gasteiger partial charge in [0.15, 0.2) is 6.73 Å². The number of hydrogen-bond acceptors (Lipinski definition) is 3. The molecule has 0 radical (unpaired) electrons. The van der Waals surface area contributed by atoms with Crippen molar-refractivity contribution in [3.63, 3.8) is 0 Å². The molecule has 1 amide bonds. The summed E-state index contributed by atoms with van der Waals surface area (Å²) in [6.07, 6.45) is -4.07. The summed E-state index contributed by atoms with van der Waals surface area (Å²) >= 11 is 0. The summed E-state index contributed by atoms with van der Waals surface area (Å²) in [7, 11) is 0. The molecule has 0 aliphatic carbocycles. The minimum Gasteiger partial charge on any atom is -0.471 e. The number of ether oxygens (including phenoxy) is 1. The quantitative estimate of drug-likeness (QED) is 0.796. The van der Waals surface area contributed by atoms with Crippen LogP contribution in [0.2, 0.25) is 0 Å². The fourth-order valence-electron chi connectivity index (χ4n) is 2.57. The Morgan fingerprint density at radius 3 is 2.48 bits per heavy atom. The van der Waals surface area contributed by atoms with E-state index in [2.05, 4.69) is 10.4 Å². The number of nitrogens with zero attached hydrogens (tertiary/aromatic N) is 2. The lowest BCUT2D eigenvalue weighted by Crippen LogP contribution is -2.20. The van der Waals surface area contributed by atoms with Gasteiger partial charge in [-0.1, -0.05) is 26.8 Å². The summed E-state index contributed by atoms with van der Waals surface area (Å²) in [5.41, 5.74) is 0.957. The molecule has 0 unspecified atom stereocenters. The minimum absolute atomic E-state index is 0.0663. The van der Waals surface area contributed by atoms with E-state index in [9.17, 15) is 18.0 Å². The van der Waals surface area contributed by atoms with Crippen LogP contribution in [0, 0.1) is 19.3 Å². The van der Waals surface area contributed by atoms with E-state index in [1.54, 1.807) is 13.8 Å². The lowest BCUT2D eigenvalue weighted by atomic mass is 9.92. The smallest absolute Gasteiger partial charge is 0.416 e. The number of anilines is 1. The Hall–Kier alpha value is -2.51. The van der Waals surface area contributed by atoms with E-state index in [1.807, 2.05) is 20.8 Å². The Labute approximate surface area is 156 Å². The van der Waals surface area contributed by atoms with E-state index in [-0.39, 0.29) is 23.8 Å². The topological polar surface area (TPSA) is 56.1 Å². The molecule has 0 spiro atoms. The molecular formula is C19H24F3N3O2. The predicted octanol–water partition coefficient (Wildman–Crippen LogP) is 4.93. The third kappa shape index (κ3) is 5.74. The van der Waals surface area contributed by atoms with Crippen molar-refractivity contribution in [3.8, 4) is 5.75 Å². The number of nitrogens with one attached hydrogen (secondary N) is 1. The van der Waals surface area contributed by atoms with Crippen LogP contribution in [0.15, 0.2) is 24.3 Å². The normalized spacial score (nSPS) is 12.1. The molecule has 0 saturated carbocycles. The molecule has 0 aliphatic heterocycles. The molecule has 2 rings (SSSR count). The van der Waals surface area contributed by atoms with Crippen molar-refractivity contribution in [1.82, 2.24) is 9.78 Å². The highest BCUT2D eigenvalue weighted by atomic mass is 19.4. The van der Waals surface area contributed by atoms with E-state index in [1.165, 1.54) is 16.8 Å². The van der Waals surface area contributed by atoms with Gasteiger partial charge in [0.1, 0.15) is 5.75 Å². The fraction of sp³-hybridized carbons (Fsp3) is 0.474. The summed E-state index contributed by atoms with van der Waals surface area (Å²) in [6.45, 7) is 9.36. The van der Waals surface area contributed by atoms with E-state index in [0.29, 0.717) is 23.5 Å². The molecule has 0 aliphatic rings. The first-order valence-corrected chi connectivity index (χ1v) is 8.51. The Kier molecular flexibility index (Phi) is 5.87. The maximum absolute atomic E-state index is 12.8. The van der Waals surface area contributed by atoms with Gasteiger partial charge >= 0.3 is 6.18 Å². The van der Waals surface area contributed by atoms with E-state index >= 15 is 0 Å². The second kappa shape index (κ2) is 7.62. The summed E-state index contributed by atoms with van der Waals surface area (Å²) in [6, 6.07) is 4.67. The molecule has 8 heteroatoms. The number of aryl methyl sites for hydroxylation is 1. The number of alkyl halides is 3. The molecule has 148 valence electrons. The zero-order valence-corrected chi connectivity index (χ0v) is 16.1. The number of carbonyl (C=O) groups excluding carboxylic acids is 1. The number of aromatic nitrogens is 2. The Morgan fingerprint density at radius 2 is 1.89 bits per heavy atom. The average molecular weight is 383 g/mol. The molecule has 1 heterocycles. The molecule has 0 atom stereocenters. The van der Waals surface area contributed by atoms with Crippen LogP contribution in [0.25, 0.3) is 0 Å². The Bertz CT molecular complexity index is 821. The van der Waals surface area contributed by atoms with Gasteiger partial charge in [-0.3, -0.25) is 4.79 Å². The van der Waals surface area contributed by atoms with Gasteiger partial charge in [0.2, 0.25) is 5.91 Å². The molecule has 1 aromatic carbocycles. The first-order valence-electron chi connectivity index (χ1n) is 8.51. The Morgan fingerprint density at radius 1 is 1.22 bits per heavy atom. The SMILES string of the molecule is Cc1nn(COc2cccc(C(F)(F)F)c2)c(C)c1NC(=O)CC(C)(C)C. The van der Waals surface area contributed by atoms with Crippen LogP contribution in [0.3, 0.4) is 0 Å². The standard InChI is InChI=1S/C19H24F3N3O2/c1-12-17(23-16(26)10-18(3,4)5)13(2)25(24-12)11-27-15-8-6-7-14(9-15)19(20,21)22/h6-9H,10-11H2,1-5H3,(H,23,26). The van der Waals surface area contributed by atoms with Crippen molar-refractivity contribution in [1.29, 1.82) is 0 Å². The number of hydrogen-bond donors (Lipinski definition) is 1. The third-order valence-corrected chi connectivity index (χ3v) is 3.85. The van der Waals surface area contributed by atoms with Gasteiger partial charge in [-0.2, -0.15) is 18.3 Å². The predicted molar refractivity (Wildman–Crippen MR) is 96.5 cm³/mol. The first-order chi connectivity index (χ1) is 12.4. The molecule has 0 bridgehead atoms. The summed E-state index contributed by atoms with van der Waals surface area (Å²) in [5.74, 6) is -0.0252. The van der Waals surface area contributed by atoms with Gasteiger partial charge < -0.3 is 10.1 Å². The van der Waals surface area contributed by atoms with E-state index in [0.717, 1.165) is 12.1 Å². The first kappa shape index (κ1) is 20.8. The number of amides is 1. The van der Waals surface area contributed by atoms with Crippen LogP contribution >= 0.6 is 0 Å². The van der Waals surface area contributed by atoms with Gasteiger partial charge in [0.25, 0.3) is 0 Å². The van der Waals surface area contributed by atoms with Crippen molar-refractivity contribution in [2.75, 3.05) is 5.32 Å². The van der Waals surface area contributed by atoms with E-state index < -0.39 is 11.7 Å². The highest BCUT2D eigenvalue weighted by Gasteiger charge is 2.30. The summed E-state index contributed by atoms with van der Waals surface area (Å²) in [4.78, 5) is 12.2. The monoisotopic (exact) mass is 383 g/mol. The van der Waals surface area contributed by atoms with Gasteiger partial charge in [0.05, 0.1) is 22.6 Å². The van der Waals surface area contributed by atoms with Crippen LogP contribution in [0.4, 0.5) is 18.9 Å². The molecule has 1 aromatic heterocycles. The second-order valence-electron chi connectivity index (χ2n) is 7.63. The van der Waals surface area contributed by atoms with Crippen LogP contribution in [0.1, 0.15) is 44.1 Å². The molecule has 2 aromatic rings. The largest absolute Gasteiger partial charge is 0.471 e. The van der Waals surface area contributed by atoms with Crippen LogP contribution in [0.5, 0.6) is 5.75 Å². The lowest BCUT2D eigenvalue weighted by molar-refractivity contribution is -0.137. The Balaban J connectivity index is 2.10. The highest BCUT2D eigenvalue weighted by molar-refractivity contribution is 5.92. The summed E-state index contributed by atoms with van der Waals surface area (Å²) in [5, 5.41) is 7.16. The maximum atomic E-state index is 12.8. The molecule has 0 fully saturated rings. The zero-order chi connectivity index (χ0) is 20.4. The lowest BCUT2D eigenvalue weighted by Gasteiger charge is -2.17. The van der Waals surface area contributed by atoms with Gasteiger partial charge in [0, 0.05) is 6.42 Å². The third-order valence-electron chi connectivity index (χ3n) is 3.85. The van der Waals surface area contributed by atoms with Gasteiger partial charge in [-0.25, -0.2) is 4.68 Å². The van der Waals surface area contributed by atoms with Gasteiger partial charge in [-0.15, -0.1) is 0 Å². The molecular weight excluding hydrogens is 359 g/mol. The van der Waals surface area contributed by atoms with Crippen molar-refractivity contribution < 1.29 is 22.7 Å². The van der Waals surface area contributed by atoms with Crippen molar-refractivity contribution in [3.05, 3.63) is 41.2 Å². The van der Waals surface area contributed by atoms with Crippen molar-refractivity contribution in [2.24, 2.45) is 5.41 Å². The molecule has 0 saturated heterocycles. The number of halogens is 3. The average Bonchev–Trinajstić information content (AvgIpc) is 2.78. The summed E-state index contributed by atoms with van der Waals surface area (Å²) < 4.78 is 45.3. The van der Waals surface area contributed by atoms with Crippen molar-refractivity contribution in [2.45, 2.75) is 53.9 Å². The number of rotatable bonds is 5. The zero-order valence-electron chi connectivity index (χ0n) is 16.1. The molecule has 1 N–H and O–H groups in total. The highest BCUT2D eigenvalue weighted by Crippen LogP contribution is 2.31. The van der Waals surface area contributed by atoms with Gasteiger partial charge in [-0.05, 0) is 37.5 Å². The van der Waals surface area contributed by atoms with Crippen LogP contribution < -0.4 is 10.1 Å². The second-order valence-corrected chi connectivity index (χ2v) is 7.63. The van der Waals surface area contributed by atoms with Crippen LogP contribution in [-0.2, 0) is 17.7 Å². The van der Waals surface area contributed by atoms with E-state index in [4.69, 9.17) is 4.74 Å². The number of carbonyl (C=O) groups is 1. The van der Waals surface area contributed by atoms with Crippen LogP contribution in [-0.4, -0.2) is 15.7 Å². The minimum atomic E-state index is -4.43. The molecule has 27 heavy (non-hydrogen) atoms.